The van der Waals surface area contributed by atoms with Crippen molar-refractivity contribution in [3.05, 3.63) is 30.3 Å². The summed E-state index contributed by atoms with van der Waals surface area (Å²) in [7, 11) is 0. The molecule has 0 saturated carbocycles. The molecule has 0 amide bonds. The van der Waals surface area contributed by atoms with Gasteiger partial charge in [-0.2, -0.15) is 0 Å². The molecule has 3 heteroatoms. The lowest BCUT2D eigenvalue weighted by atomic mass is 10.3. The van der Waals surface area contributed by atoms with Crippen molar-refractivity contribution in [2.75, 3.05) is 6.54 Å². The third-order valence-electron chi connectivity index (χ3n) is 1.75. The monoisotopic (exact) mass is 209 g/mol. The van der Waals surface area contributed by atoms with Crippen LogP contribution in [0.4, 0.5) is 0 Å². The highest BCUT2D eigenvalue weighted by Crippen LogP contribution is 2.08. The highest BCUT2D eigenvalue weighted by Gasteiger charge is 1.97. The van der Waals surface area contributed by atoms with Crippen LogP contribution in [0.3, 0.4) is 0 Å². The first-order valence-electron chi connectivity index (χ1n) is 4.83. The molecule has 0 heterocycles. The van der Waals surface area contributed by atoms with Crippen molar-refractivity contribution >= 4 is 17.4 Å². The van der Waals surface area contributed by atoms with Gasteiger partial charge in [0.25, 0.3) is 5.17 Å². The van der Waals surface area contributed by atoms with E-state index in [9.17, 15) is 0 Å². The van der Waals surface area contributed by atoms with Gasteiger partial charge in [-0.1, -0.05) is 31.5 Å². The summed E-state index contributed by atoms with van der Waals surface area (Å²) in [5.41, 5.74) is 0. The molecule has 76 valence electrons. The number of hydrogen-bond acceptors (Lipinski definition) is 2. The molecule has 0 bridgehead atoms. The summed E-state index contributed by atoms with van der Waals surface area (Å²) in [6.07, 6.45) is 2.26. The Labute approximate surface area is 90.3 Å². The molecule has 0 aliphatic carbocycles. The smallest absolute Gasteiger partial charge is 0.262 e. The molecule has 0 fully saturated rings. The van der Waals surface area contributed by atoms with Crippen LogP contribution >= 0.6 is 12.2 Å². The van der Waals surface area contributed by atoms with E-state index in [1.54, 1.807) is 0 Å². The van der Waals surface area contributed by atoms with Crippen LogP contribution in [0.1, 0.15) is 19.8 Å². The van der Waals surface area contributed by atoms with E-state index < -0.39 is 0 Å². The third kappa shape index (κ3) is 4.23. The maximum absolute atomic E-state index is 5.38. The van der Waals surface area contributed by atoms with Gasteiger partial charge in [-0.15, -0.1) is 0 Å². The van der Waals surface area contributed by atoms with Crippen LogP contribution in [0.2, 0.25) is 0 Å². The summed E-state index contributed by atoms with van der Waals surface area (Å²) < 4.78 is 5.38. The van der Waals surface area contributed by atoms with Crippen LogP contribution < -0.4 is 10.1 Å². The molecule has 0 atom stereocenters. The first-order valence-corrected chi connectivity index (χ1v) is 5.24. The predicted molar refractivity (Wildman–Crippen MR) is 62.6 cm³/mol. The van der Waals surface area contributed by atoms with Crippen LogP contribution in [-0.2, 0) is 0 Å². The van der Waals surface area contributed by atoms with Gasteiger partial charge in [-0.05, 0) is 30.8 Å². The van der Waals surface area contributed by atoms with E-state index in [1.165, 1.54) is 0 Å². The van der Waals surface area contributed by atoms with Gasteiger partial charge in [0.05, 0.1) is 0 Å². The molecule has 1 aromatic rings. The fraction of sp³-hybridized carbons (Fsp3) is 0.364. The maximum atomic E-state index is 5.38. The van der Waals surface area contributed by atoms with Crippen LogP contribution in [0.5, 0.6) is 5.75 Å². The Hall–Kier alpha value is -1.09. The SMILES string of the molecule is CCCCNC(=S)Oc1ccccc1. The average molecular weight is 209 g/mol. The van der Waals surface area contributed by atoms with Crippen molar-refractivity contribution in [1.82, 2.24) is 5.32 Å². The van der Waals surface area contributed by atoms with Gasteiger partial charge in [0.2, 0.25) is 0 Å². The summed E-state index contributed by atoms with van der Waals surface area (Å²) in [4.78, 5) is 0. The van der Waals surface area contributed by atoms with Gasteiger partial charge in [0, 0.05) is 6.54 Å². The lowest BCUT2D eigenvalue weighted by molar-refractivity contribution is 0.528. The van der Waals surface area contributed by atoms with E-state index in [0.29, 0.717) is 5.17 Å². The summed E-state index contributed by atoms with van der Waals surface area (Å²) in [6, 6.07) is 9.55. The number of unbranched alkanes of at least 4 members (excludes halogenated alkanes) is 1. The topological polar surface area (TPSA) is 21.3 Å². The molecule has 2 nitrogen and oxygen atoms in total. The minimum Gasteiger partial charge on any atom is -0.432 e. The molecule has 0 radical (unpaired) electrons. The van der Waals surface area contributed by atoms with Gasteiger partial charge in [0.1, 0.15) is 5.75 Å². The van der Waals surface area contributed by atoms with E-state index >= 15 is 0 Å². The number of ether oxygens (including phenoxy) is 1. The van der Waals surface area contributed by atoms with E-state index in [1.807, 2.05) is 30.3 Å². The fourth-order valence-corrected chi connectivity index (χ4v) is 1.20. The third-order valence-corrected chi connectivity index (χ3v) is 1.98. The van der Waals surface area contributed by atoms with Gasteiger partial charge >= 0.3 is 0 Å². The standard InChI is InChI=1S/C11H15NOS/c1-2-3-9-12-11(14)13-10-7-5-4-6-8-10/h4-8H,2-3,9H2,1H3,(H,12,14). The van der Waals surface area contributed by atoms with E-state index in [0.717, 1.165) is 25.1 Å². The first-order chi connectivity index (χ1) is 6.83. The Morgan fingerprint density at radius 1 is 1.36 bits per heavy atom. The first kappa shape index (κ1) is 11.0. The second-order valence-electron chi connectivity index (χ2n) is 2.98. The van der Waals surface area contributed by atoms with Crippen molar-refractivity contribution < 1.29 is 4.74 Å². The summed E-state index contributed by atoms with van der Waals surface area (Å²) >= 11 is 5.02. The molecule has 0 aliphatic heterocycles. The number of benzene rings is 1. The quantitative estimate of drug-likeness (QED) is 0.608. The number of hydrogen-bond donors (Lipinski definition) is 1. The Morgan fingerprint density at radius 3 is 2.71 bits per heavy atom. The molecule has 0 spiro atoms. The molecule has 1 N–H and O–H groups in total. The van der Waals surface area contributed by atoms with Gasteiger partial charge in [-0.25, -0.2) is 0 Å². The summed E-state index contributed by atoms with van der Waals surface area (Å²) in [5, 5.41) is 3.49. The fourth-order valence-electron chi connectivity index (χ4n) is 0.999. The highest BCUT2D eigenvalue weighted by molar-refractivity contribution is 7.80. The van der Waals surface area contributed by atoms with Gasteiger partial charge < -0.3 is 10.1 Å². The summed E-state index contributed by atoms with van der Waals surface area (Å²) in [6.45, 7) is 3.02. The average Bonchev–Trinajstić information content (AvgIpc) is 2.20. The Balaban J connectivity index is 2.27. The largest absolute Gasteiger partial charge is 0.432 e. The highest BCUT2D eigenvalue weighted by atomic mass is 32.1. The molecule has 1 rings (SSSR count). The molecular formula is C11H15NOS. The number of thiocarbonyl (C=S) groups is 1. The van der Waals surface area contributed by atoms with E-state index in [4.69, 9.17) is 17.0 Å². The molecular weight excluding hydrogens is 194 g/mol. The van der Waals surface area contributed by atoms with Crippen LogP contribution in [0, 0.1) is 0 Å². The minimum absolute atomic E-state index is 0.449. The van der Waals surface area contributed by atoms with Crippen LogP contribution in [-0.4, -0.2) is 11.7 Å². The van der Waals surface area contributed by atoms with Crippen molar-refractivity contribution in [3.63, 3.8) is 0 Å². The molecule has 0 unspecified atom stereocenters. The molecule has 0 saturated heterocycles. The van der Waals surface area contributed by atoms with Crippen molar-refractivity contribution in [2.45, 2.75) is 19.8 Å². The Bertz CT molecular complexity index is 274. The normalized spacial score (nSPS) is 9.50. The minimum atomic E-state index is 0.449. The van der Waals surface area contributed by atoms with Gasteiger partial charge in [0.15, 0.2) is 0 Å². The predicted octanol–water partition coefficient (Wildman–Crippen LogP) is 2.74. The summed E-state index contributed by atoms with van der Waals surface area (Å²) in [5.74, 6) is 0.779. The number of nitrogens with one attached hydrogen (secondary N) is 1. The van der Waals surface area contributed by atoms with Crippen molar-refractivity contribution in [3.8, 4) is 5.75 Å². The molecule has 0 aliphatic rings. The number of para-hydroxylation sites is 1. The Morgan fingerprint density at radius 2 is 2.07 bits per heavy atom. The Kier molecular flexibility index (Phi) is 5.00. The lowest BCUT2D eigenvalue weighted by Gasteiger charge is -2.08. The molecule has 0 aromatic heterocycles. The zero-order valence-electron chi connectivity index (χ0n) is 8.32. The lowest BCUT2D eigenvalue weighted by Crippen LogP contribution is -2.27. The number of rotatable bonds is 4. The van der Waals surface area contributed by atoms with Crippen LogP contribution in [0.25, 0.3) is 0 Å². The molecule has 14 heavy (non-hydrogen) atoms. The van der Waals surface area contributed by atoms with Crippen LogP contribution in [0.15, 0.2) is 30.3 Å². The second-order valence-corrected chi connectivity index (χ2v) is 3.35. The van der Waals surface area contributed by atoms with E-state index in [2.05, 4.69) is 12.2 Å². The van der Waals surface area contributed by atoms with Crippen molar-refractivity contribution in [2.24, 2.45) is 0 Å². The zero-order valence-corrected chi connectivity index (χ0v) is 9.14. The second kappa shape index (κ2) is 6.38. The molecule has 1 aromatic carbocycles. The van der Waals surface area contributed by atoms with Gasteiger partial charge in [-0.3, -0.25) is 0 Å². The zero-order chi connectivity index (χ0) is 10.2. The maximum Gasteiger partial charge on any atom is 0.262 e. The van der Waals surface area contributed by atoms with Crippen molar-refractivity contribution in [1.29, 1.82) is 0 Å². The van der Waals surface area contributed by atoms with E-state index in [-0.39, 0.29) is 0 Å².